The Hall–Kier alpha value is -2.45. The monoisotopic (exact) mass is 399 g/mol. The summed E-state index contributed by atoms with van der Waals surface area (Å²) in [5.41, 5.74) is 2.54. The molecule has 1 aromatic carbocycles. The summed E-state index contributed by atoms with van der Waals surface area (Å²) in [6.07, 6.45) is 3.14. The van der Waals surface area contributed by atoms with Crippen LogP contribution in [0.2, 0.25) is 0 Å². The molecule has 3 heterocycles. The van der Waals surface area contributed by atoms with E-state index in [0.717, 1.165) is 49.9 Å². The molecule has 1 atom stereocenters. The van der Waals surface area contributed by atoms with Crippen LogP contribution in [-0.2, 0) is 16.1 Å². The fourth-order valence-electron chi connectivity index (χ4n) is 4.37. The summed E-state index contributed by atoms with van der Waals surface area (Å²) >= 11 is 0. The van der Waals surface area contributed by atoms with Crippen LogP contribution in [0.1, 0.15) is 41.6 Å². The SMILES string of the molecule is O=C1CCC(N2Cc3cc(NCCNCC4CCNCC4)ccc3C2=O)C(=O)N1. The van der Waals surface area contributed by atoms with Gasteiger partial charge in [-0.05, 0) is 68.6 Å². The van der Waals surface area contributed by atoms with Gasteiger partial charge < -0.3 is 20.9 Å². The number of nitrogens with zero attached hydrogens (tertiary/aromatic N) is 1. The van der Waals surface area contributed by atoms with Crippen molar-refractivity contribution < 1.29 is 14.4 Å². The van der Waals surface area contributed by atoms with Crippen molar-refractivity contribution in [1.82, 2.24) is 20.9 Å². The molecule has 2 saturated heterocycles. The normalized spacial score (nSPS) is 22.6. The Bertz CT molecular complexity index is 791. The Balaban J connectivity index is 1.27. The molecular formula is C21H29N5O3. The zero-order valence-corrected chi connectivity index (χ0v) is 16.6. The standard InChI is InChI=1S/C21H29N5O3/c27-19-4-3-18(20(28)25-19)26-13-15-11-16(1-2-17(15)21(26)29)24-10-9-23-12-14-5-7-22-8-6-14/h1-2,11,14,18,22-24H,3-10,12-13H2,(H,25,27,28). The van der Waals surface area contributed by atoms with Crippen LogP contribution in [0.25, 0.3) is 0 Å². The van der Waals surface area contributed by atoms with Crippen LogP contribution in [0.3, 0.4) is 0 Å². The Morgan fingerprint density at radius 3 is 2.69 bits per heavy atom. The summed E-state index contributed by atoms with van der Waals surface area (Å²) in [6.45, 7) is 5.41. The van der Waals surface area contributed by atoms with Gasteiger partial charge in [0.2, 0.25) is 11.8 Å². The highest BCUT2D eigenvalue weighted by atomic mass is 16.2. The highest BCUT2D eigenvalue weighted by molar-refractivity contribution is 6.05. The summed E-state index contributed by atoms with van der Waals surface area (Å²) < 4.78 is 0. The Morgan fingerprint density at radius 2 is 1.90 bits per heavy atom. The number of carbonyl (C=O) groups is 3. The van der Waals surface area contributed by atoms with Gasteiger partial charge in [0.25, 0.3) is 5.91 Å². The topological polar surface area (TPSA) is 103 Å². The first-order valence-corrected chi connectivity index (χ1v) is 10.5. The molecule has 156 valence electrons. The fraction of sp³-hybridized carbons (Fsp3) is 0.571. The lowest BCUT2D eigenvalue weighted by Crippen LogP contribution is -2.52. The second-order valence-electron chi connectivity index (χ2n) is 8.10. The van der Waals surface area contributed by atoms with Gasteiger partial charge in [-0.2, -0.15) is 0 Å². The molecule has 2 fully saturated rings. The molecule has 1 unspecified atom stereocenters. The first-order chi connectivity index (χ1) is 14.1. The molecule has 0 spiro atoms. The van der Waals surface area contributed by atoms with E-state index in [9.17, 15) is 14.4 Å². The molecule has 0 radical (unpaired) electrons. The van der Waals surface area contributed by atoms with Crippen molar-refractivity contribution in [2.75, 3.05) is 38.0 Å². The number of benzene rings is 1. The van der Waals surface area contributed by atoms with Crippen molar-refractivity contribution >= 4 is 23.4 Å². The largest absolute Gasteiger partial charge is 0.384 e. The minimum absolute atomic E-state index is 0.135. The van der Waals surface area contributed by atoms with E-state index in [0.29, 0.717) is 18.5 Å². The lowest BCUT2D eigenvalue weighted by molar-refractivity contribution is -0.136. The summed E-state index contributed by atoms with van der Waals surface area (Å²) in [7, 11) is 0. The zero-order valence-electron chi connectivity index (χ0n) is 16.6. The molecule has 8 heteroatoms. The number of piperidine rings is 2. The van der Waals surface area contributed by atoms with Crippen molar-refractivity contribution in [2.24, 2.45) is 5.92 Å². The van der Waals surface area contributed by atoms with Crippen LogP contribution in [-0.4, -0.2) is 61.4 Å². The molecular weight excluding hydrogens is 370 g/mol. The summed E-state index contributed by atoms with van der Waals surface area (Å²) in [5, 5.41) is 12.6. The third-order valence-electron chi connectivity index (χ3n) is 6.05. The molecule has 3 aliphatic heterocycles. The van der Waals surface area contributed by atoms with Gasteiger partial charge in [0.15, 0.2) is 0 Å². The summed E-state index contributed by atoms with van der Waals surface area (Å²) in [6, 6.07) is 5.17. The maximum atomic E-state index is 12.7. The number of amides is 3. The van der Waals surface area contributed by atoms with Crippen LogP contribution >= 0.6 is 0 Å². The molecule has 0 bridgehead atoms. The molecule has 4 N–H and O–H groups in total. The van der Waals surface area contributed by atoms with E-state index in [1.54, 1.807) is 4.90 Å². The predicted octanol–water partition coefficient (Wildman–Crippen LogP) is 0.449. The van der Waals surface area contributed by atoms with E-state index >= 15 is 0 Å². The maximum Gasteiger partial charge on any atom is 0.255 e. The first-order valence-electron chi connectivity index (χ1n) is 10.5. The highest BCUT2D eigenvalue weighted by Crippen LogP contribution is 2.29. The van der Waals surface area contributed by atoms with Gasteiger partial charge in [-0.15, -0.1) is 0 Å². The van der Waals surface area contributed by atoms with E-state index in [2.05, 4.69) is 21.3 Å². The molecule has 0 aliphatic carbocycles. The third-order valence-corrected chi connectivity index (χ3v) is 6.05. The number of hydrogen-bond acceptors (Lipinski definition) is 6. The number of rotatable bonds is 7. The van der Waals surface area contributed by atoms with Crippen LogP contribution in [0, 0.1) is 5.92 Å². The van der Waals surface area contributed by atoms with Crippen LogP contribution in [0.15, 0.2) is 18.2 Å². The van der Waals surface area contributed by atoms with Crippen molar-refractivity contribution in [3.05, 3.63) is 29.3 Å². The predicted molar refractivity (Wildman–Crippen MR) is 109 cm³/mol. The van der Waals surface area contributed by atoms with Crippen molar-refractivity contribution in [3.63, 3.8) is 0 Å². The van der Waals surface area contributed by atoms with E-state index in [1.165, 1.54) is 12.8 Å². The molecule has 1 aromatic rings. The third kappa shape index (κ3) is 4.59. The summed E-state index contributed by atoms with van der Waals surface area (Å²) in [5.74, 6) is -0.0126. The molecule has 8 nitrogen and oxygen atoms in total. The lowest BCUT2D eigenvalue weighted by Gasteiger charge is -2.29. The molecule has 3 amide bonds. The van der Waals surface area contributed by atoms with Gasteiger partial charge in [-0.1, -0.05) is 0 Å². The smallest absolute Gasteiger partial charge is 0.255 e. The molecule has 3 aliphatic rings. The van der Waals surface area contributed by atoms with Crippen molar-refractivity contribution in [2.45, 2.75) is 38.3 Å². The number of carbonyl (C=O) groups excluding carboxylic acids is 3. The van der Waals surface area contributed by atoms with Gasteiger partial charge in [0.1, 0.15) is 6.04 Å². The van der Waals surface area contributed by atoms with Crippen LogP contribution < -0.4 is 21.3 Å². The Labute approximate surface area is 170 Å². The second-order valence-corrected chi connectivity index (χ2v) is 8.10. The average Bonchev–Trinajstić information content (AvgIpc) is 3.04. The van der Waals surface area contributed by atoms with Crippen molar-refractivity contribution in [3.8, 4) is 0 Å². The van der Waals surface area contributed by atoms with Crippen LogP contribution in [0.4, 0.5) is 5.69 Å². The number of fused-ring (bicyclic) bond motifs is 1. The summed E-state index contributed by atoms with van der Waals surface area (Å²) in [4.78, 5) is 37.8. The zero-order chi connectivity index (χ0) is 20.2. The lowest BCUT2D eigenvalue weighted by atomic mass is 9.98. The Kier molecular flexibility index (Phi) is 6.10. The van der Waals surface area contributed by atoms with Gasteiger partial charge >= 0.3 is 0 Å². The number of nitrogens with one attached hydrogen (secondary N) is 4. The van der Waals surface area contributed by atoms with Crippen LogP contribution in [0.5, 0.6) is 0 Å². The number of hydrogen-bond donors (Lipinski definition) is 4. The fourth-order valence-corrected chi connectivity index (χ4v) is 4.37. The van der Waals surface area contributed by atoms with E-state index in [-0.39, 0.29) is 24.1 Å². The Morgan fingerprint density at radius 1 is 1.07 bits per heavy atom. The van der Waals surface area contributed by atoms with Gasteiger partial charge in [0.05, 0.1) is 0 Å². The minimum atomic E-state index is -0.566. The minimum Gasteiger partial charge on any atom is -0.384 e. The van der Waals surface area contributed by atoms with E-state index in [1.807, 2.05) is 18.2 Å². The second kappa shape index (κ2) is 8.92. The first kappa shape index (κ1) is 19.8. The number of imide groups is 1. The van der Waals surface area contributed by atoms with E-state index < -0.39 is 6.04 Å². The average molecular weight is 399 g/mol. The van der Waals surface area contributed by atoms with Crippen molar-refractivity contribution in [1.29, 1.82) is 0 Å². The maximum absolute atomic E-state index is 12.7. The van der Waals surface area contributed by atoms with Gasteiger partial charge in [0, 0.05) is 37.3 Å². The quantitative estimate of drug-likeness (QED) is 0.392. The highest BCUT2D eigenvalue weighted by Gasteiger charge is 2.39. The van der Waals surface area contributed by atoms with Gasteiger partial charge in [-0.25, -0.2) is 0 Å². The molecule has 0 aromatic heterocycles. The number of anilines is 1. The molecule has 4 rings (SSSR count). The molecule has 29 heavy (non-hydrogen) atoms. The van der Waals surface area contributed by atoms with Gasteiger partial charge in [-0.3, -0.25) is 19.7 Å². The van der Waals surface area contributed by atoms with E-state index in [4.69, 9.17) is 0 Å². The molecule has 0 saturated carbocycles.